The Labute approximate surface area is 125 Å². The molecule has 21 heavy (non-hydrogen) atoms. The van der Waals surface area contributed by atoms with Crippen LogP contribution in [0.2, 0.25) is 5.02 Å². The molecule has 0 heterocycles. The number of nitrogens with two attached hydrogens (primary N) is 1. The van der Waals surface area contributed by atoms with Crippen LogP contribution < -0.4 is 15.8 Å². The second-order valence-corrected chi connectivity index (χ2v) is 4.40. The maximum absolute atomic E-state index is 11.9. The number of ether oxygens (including phenoxy) is 1. The molecule has 114 valence electrons. The summed E-state index contributed by atoms with van der Waals surface area (Å²) < 4.78 is 4.99. The molecule has 0 fully saturated rings. The maximum Gasteiger partial charge on any atom is 0.323 e. The van der Waals surface area contributed by atoms with Crippen LogP contribution in [-0.2, 0) is 9.59 Å². The number of hydrogen-bond acceptors (Lipinski definition) is 4. The van der Waals surface area contributed by atoms with Crippen LogP contribution in [0.5, 0.6) is 5.75 Å². The number of nitrogens with zero attached hydrogens (tertiary/aromatic N) is 1. The minimum absolute atomic E-state index is 0.334. The molecule has 0 unspecified atom stereocenters. The summed E-state index contributed by atoms with van der Waals surface area (Å²) in [7, 11) is 1.41. The van der Waals surface area contributed by atoms with Crippen LogP contribution in [0, 0.1) is 0 Å². The number of primary amides is 1. The average Bonchev–Trinajstić information content (AvgIpc) is 2.39. The molecule has 0 saturated carbocycles. The number of nitrogens with one attached hydrogen (secondary N) is 1. The molecule has 8 nitrogen and oxygen atoms in total. The zero-order valence-electron chi connectivity index (χ0n) is 11.1. The topological polar surface area (TPSA) is 122 Å². The van der Waals surface area contributed by atoms with Crippen molar-refractivity contribution in [2.75, 3.05) is 25.5 Å². The second kappa shape index (κ2) is 7.34. The largest absolute Gasteiger partial charge is 0.495 e. The lowest BCUT2D eigenvalue weighted by Gasteiger charge is -2.19. The van der Waals surface area contributed by atoms with Gasteiger partial charge in [-0.05, 0) is 12.1 Å². The van der Waals surface area contributed by atoms with E-state index < -0.39 is 31.0 Å². The van der Waals surface area contributed by atoms with Crippen LogP contribution in [0.15, 0.2) is 18.2 Å². The normalized spacial score (nSPS) is 9.81. The molecule has 0 aliphatic carbocycles. The third-order valence-electron chi connectivity index (χ3n) is 2.36. The summed E-state index contributed by atoms with van der Waals surface area (Å²) in [5.74, 6) is -1.74. The number of hydrogen-bond donors (Lipinski definition) is 3. The lowest BCUT2D eigenvalue weighted by molar-refractivity contribution is -0.137. The van der Waals surface area contributed by atoms with Crippen molar-refractivity contribution >= 4 is 35.2 Å². The van der Waals surface area contributed by atoms with Gasteiger partial charge in [0.1, 0.15) is 18.8 Å². The molecule has 9 heteroatoms. The molecular formula is C12H14ClN3O5. The molecule has 0 bridgehead atoms. The minimum Gasteiger partial charge on any atom is -0.495 e. The molecule has 3 amide bonds. The van der Waals surface area contributed by atoms with E-state index in [-0.39, 0.29) is 0 Å². The first-order valence-corrected chi connectivity index (χ1v) is 6.11. The van der Waals surface area contributed by atoms with E-state index in [1.54, 1.807) is 0 Å². The fraction of sp³-hybridized carbons (Fsp3) is 0.250. The number of carboxylic acids is 1. The molecule has 0 atom stereocenters. The Morgan fingerprint density at radius 2 is 2.05 bits per heavy atom. The van der Waals surface area contributed by atoms with Crippen LogP contribution in [0.4, 0.5) is 10.5 Å². The standard InChI is InChI=1S/C12H14ClN3O5/c1-21-9-4-7(2-3-8(9)13)15-12(20)16(5-10(14)17)6-11(18)19/h2-4H,5-6H2,1H3,(H2,14,17)(H,15,20)(H,18,19). The lowest BCUT2D eigenvalue weighted by atomic mass is 10.3. The predicted molar refractivity (Wildman–Crippen MR) is 75.4 cm³/mol. The number of aliphatic carboxylic acids is 1. The van der Waals surface area contributed by atoms with Crippen molar-refractivity contribution in [3.05, 3.63) is 23.2 Å². The van der Waals surface area contributed by atoms with Crippen LogP contribution >= 0.6 is 11.6 Å². The van der Waals surface area contributed by atoms with Crippen molar-refractivity contribution in [2.24, 2.45) is 5.73 Å². The third kappa shape index (κ3) is 5.19. The number of amides is 3. The Hall–Kier alpha value is -2.48. The number of halogens is 1. The third-order valence-corrected chi connectivity index (χ3v) is 2.67. The SMILES string of the molecule is COc1cc(NC(=O)N(CC(N)=O)CC(=O)O)ccc1Cl. The number of carboxylic acid groups (broad SMARTS) is 1. The van der Waals surface area contributed by atoms with Gasteiger partial charge in [-0.1, -0.05) is 11.6 Å². The Kier molecular flexibility index (Phi) is 5.79. The van der Waals surface area contributed by atoms with E-state index in [9.17, 15) is 14.4 Å². The highest BCUT2D eigenvalue weighted by Crippen LogP contribution is 2.27. The molecule has 1 aromatic carbocycles. The average molecular weight is 316 g/mol. The van der Waals surface area contributed by atoms with Crippen LogP contribution in [0.1, 0.15) is 0 Å². The first-order valence-electron chi connectivity index (χ1n) is 5.73. The smallest absolute Gasteiger partial charge is 0.323 e. The number of rotatable bonds is 6. The first-order chi connectivity index (χ1) is 9.83. The summed E-state index contributed by atoms with van der Waals surface area (Å²) in [6, 6.07) is 3.70. The number of carbonyl (C=O) groups is 3. The molecule has 4 N–H and O–H groups in total. The molecule has 0 spiro atoms. The fourth-order valence-electron chi connectivity index (χ4n) is 1.49. The molecule has 0 aliphatic rings. The van der Waals surface area contributed by atoms with Crippen molar-refractivity contribution in [3.8, 4) is 5.75 Å². The fourth-order valence-corrected chi connectivity index (χ4v) is 1.69. The van der Waals surface area contributed by atoms with Gasteiger partial charge in [-0.2, -0.15) is 0 Å². The quantitative estimate of drug-likeness (QED) is 0.715. The summed E-state index contributed by atoms with van der Waals surface area (Å²) in [4.78, 5) is 34.3. The van der Waals surface area contributed by atoms with Crippen LogP contribution in [0.3, 0.4) is 0 Å². The second-order valence-electron chi connectivity index (χ2n) is 4.00. The highest BCUT2D eigenvalue weighted by atomic mass is 35.5. The Bertz CT molecular complexity index is 548. The minimum atomic E-state index is -1.26. The van der Waals surface area contributed by atoms with Gasteiger partial charge in [-0.3, -0.25) is 9.59 Å². The van der Waals surface area contributed by atoms with Crippen LogP contribution in [-0.4, -0.2) is 48.1 Å². The van der Waals surface area contributed by atoms with Gasteiger partial charge < -0.3 is 25.8 Å². The molecular weight excluding hydrogens is 302 g/mol. The van der Waals surface area contributed by atoms with E-state index in [1.807, 2.05) is 0 Å². The van der Waals surface area contributed by atoms with Gasteiger partial charge in [0.15, 0.2) is 0 Å². The van der Waals surface area contributed by atoms with E-state index in [4.69, 9.17) is 27.2 Å². The number of urea groups is 1. The first kappa shape index (κ1) is 16.6. The summed E-state index contributed by atoms with van der Waals surface area (Å²) in [5, 5.41) is 11.5. The number of benzene rings is 1. The monoisotopic (exact) mass is 315 g/mol. The zero-order valence-corrected chi connectivity index (χ0v) is 11.9. The van der Waals surface area contributed by atoms with Gasteiger partial charge in [0, 0.05) is 11.8 Å². The number of methoxy groups -OCH3 is 1. The Morgan fingerprint density at radius 1 is 1.38 bits per heavy atom. The highest BCUT2D eigenvalue weighted by molar-refractivity contribution is 6.32. The predicted octanol–water partition coefficient (Wildman–Crippen LogP) is 0.752. The van der Waals surface area contributed by atoms with Gasteiger partial charge in [-0.25, -0.2) is 4.79 Å². The maximum atomic E-state index is 11.9. The molecule has 0 saturated heterocycles. The van der Waals surface area contributed by atoms with E-state index in [2.05, 4.69) is 5.32 Å². The van der Waals surface area contributed by atoms with Gasteiger partial charge >= 0.3 is 12.0 Å². The van der Waals surface area contributed by atoms with Crippen molar-refractivity contribution in [3.63, 3.8) is 0 Å². The summed E-state index contributed by atoms with van der Waals surface area (Å²) in [5.41, 5.74) is 5.31. The molecule has 0 aliphatic heterocycles. The summed E-state index contributed by atoms with van der Waals surface area (Å²) >= 11 is 5.85. The van der Waals surface area contributed by atoms with Crippen LogP contribution in [0.25, 0.3) is 0 Å². The molecule has 1 aromatic rings. The molecule has 1 rings (SSSR count). The molecule has 0 radical (unpaired) electrons. The van der Waals surface area contributed by atoms with Gasteiger partial charge in [-0.15, -0.1) is 0 Å². The van der Waals surface area contributed by atoms with E-state index in [1.165, 1.54) is 25.3 Å². The van der Waals surface area contributed by atoms with E-state index in [0.717, 1.165) is 4.90 Å². The highest BCUT2D eigenvalue weighted by Gasteiger charge is 2.19. The van der Waals surface area contributed by atoms with Gasteiger partial charge in [0.2, 0.25) is 5.91 Å². The Balaban J connectivity index is 2.85. The number of anilines is 1. The zero-order chi connectivity index (χ0) is 16.0. The number of carbonyl (C=O) groups excluding carboxylic acids is 2. The van der Waals surface area contributed by atoms with E-state index in [0.29, 0.717) is 16.5 Å². The van der Waals surface area contributed by atoms with Crippen molar-refractivity contribution in [2.45, 2.75) is 0 Å². The summed E-state index contributed by atoms with van der Waals surface area (Å²) in [6.07, 6.45) is 0. The van der Waals surface area contributed by atoms with E-state index >= 15 is 0 Å². The van der Waals surface area contributed by atoms with Crippen molar-refractivity contribution < 1.29 is 24.2 Å². The van der Waals surface area contributed by atoms with Gasteiger partial charge in [0.05, 0.1) is 12.1 Å². The Morgan fingerprint density at radius 3 is 2.57 bits per heavy atom. The van der Waals surface area contributed by atoms with Gasteiger partial charge in [0.25, 0.3) is 0 Å². The lowest BCUT2D eigenvalue weighted by Crippen LogP contribution is -2.43. The molecule has 0 aromatic heterocycles. The van der Waals surface area contributed by atoms with Crippen molar-refractivity contribution in [1.29, 1.82) is 0 Å². The van der Waals surface area contributed by atoms with Crippen molar-refractivity contribution in [1.82, 2.24) is 4.90 Å². The summed E-state index contributed by atoms with van der Waals surface area (Å²) in [6.45, 7) is -1.16.